The highest BCUT2D eigenvalue weighted by Gasteiger charge is 2.10. The Labute approximate surface area is 144 Å². The fraction of sp³-hybridized carbons (Fsp3) is 0.318. The van der Waals surface area contributed by atoms with Gasteiger partial charge < -0.3 is 0 Å². The molecule has 0 bridgehead atoms. The summed E-state index contributed by atoms with van der Waals surface area (Å²) in [5, 5.41) is 17.9. The van der Waals surface area contributed by atoms with Crippen LogP contribution in [0.1, 0.15) is 38.2 Å². The predicted molar refractivity (Wildman–Crippen MR) is 102 cm³/mol. The van der Waals surface area contributed by atoms with E-state index in [-0.39, 0.29) is 6.04 Å². The van der Waals surface area contributed by atoms with Crippen molar-refractivity contribution in [1.29, 1.82) is 5.26 Å². The van der Waals surface area contributed by atoms with Crippen molar-refractivity contribution in [3.8, 4) is 6.07 Å². The molecule has 1 N–H and O–H groups in total. The van der Waals surface area contributed by atoms with Crippen LogP contribution in [0.15, 0.2) is 54.6 Å². The van der Waals surface area contributed by atoms with E-state index in [1.54, 1.807) is 0 Å². The van der Waals surface area contributed by atoms with Gasteiger partial charge in [-0.15, -0.1) is 0 Å². The van der Waals surface area contributed by atoms with Gasteiger partial charge in [0.15, 0.2) is 0 Å². The van der Waals surface area contributed by atoms with Crippen LogP contribution in [-0.4, -0.2) is 6.04 Å². The quantitative estimate of drug-likeness (QED) is 0.458. The largest absolute Gasteiger partial charge is 0.298 e. The van der Waals surface area contributed by atoms with Crippen LogP contribution >= 0.6 is 0 Å². The van der Waals surface area contributed by atoms with Crippen molar-refractivity contribution in [3.63, 3.8) is 0 Å². The smallest absolute Gasteiger partial charge is 0.0955 e. The lowest BCUT2D eigenvalue weighted by Gasteiger charge is -2.15. The van der Waals surface area contributed by atoms with Gasteiger partial charge in [-0.05, 0) is 39.6 Å². The van der Waals surface area contributed by atoms with Crippen LogP contribution in [0.5, 0.6) is 0 Å². The van der Waals surface area contributed by atoms with Crippen molar-refractivity contribution in [3.05, 3.63) is 60.2 Å². The van der Waals surface area contributed by atoms with Gasteiger partial charge in [-0.3, -0.25) is 5.32 Å². The van der Waals surface area contributed by atoms with E-state index < -0.39 is 0 Å². The van der Waals surface area contributed by atoms with Gasteiger partial charge in [0.25, 0.3) is 0 Å². The molecule has 0 aliphatic rings. The molecule has 0 spiro atoms. The van der Waals surface area contributed by atoms with E-state index in [0.717, 1.165) is 19.4 Å². The molecule has 0 aliphatic heterocycles. The van der Waals surface area contributed by atoms with E-state index in [9.17, 15) is 5.26 Å². The molecule has 122 valence electrons. The fourth-order valence-corrected chi connectivity index (χ4v) is 3.33. The lowest BCUT2D eigenvalue weighted by atomic mass is 9.96. The molecule has 0 heterocycles. The molecular weight excluding hydrogens is 292 g/mol. The molecule has 0 aliphatic carbocycles. The van der Waals surface area contributed by atoms with Gasteiger partial charge in [-0.1, -0.05) is 74.7 Å². The summed E-state index contributed by atoms with van der Waals surface area (Å²) in [5.74, 6) is 0. The number of hydrogen-bond donors (Lipinski definition) is 1. The van der Waals surface area contributed by atoms with Gasteiger partial charge in [-0.25, -0.2) is 0 Å². The second kappa shape index (κ2) is 7.95. The second-order valence-electron chi connectivity index (χ2n) is 6.36. The van der Waals surface area contributed by atoms with Crippen molar-refractivity contribution in [2.75, 3.05) is 0 Å². The normalized spacial score (nSPS) is 12.3. The summed E-state index contributed by atoms with van der Waals surface area (Å²) >= 11 is 0. The zero-order valence-electron chi connectivity index (χ0n) is 14.3. The number of nitrogens with one attached hydrogen (secondary N) is 1. The SMILES string of the molecule is CCCCC[C@H](C#N)NCc1c2ccccc2cc2ccccc12. The van der Waals surface area contributed by atoms with Crippen molar-refractivity contribution in [2.45, 2.75) is 45.2 Å². The Bertz CT molecular complexity index is 807. The van der Waals surface area contributed by atoms with Crippen LogP contribution in [0.4, 0.5) is 0 Å². The molecular formula is C22H24N2. The molecule has 3 rings (SSSR count). The van der Waals surface area contributed by atoms with Crippen molar-refractivity contribution >= 4 is 21.5 Å². The zero-order valence-corrected chi connectivity index (χ0v) is 14.3. The fourth-order valence-electron chi connectivity index (χ4n) is 3.33. The number of unbranched alkanes of at least 4 members (excludes halogenated alkanes) is 2. The van der Waals surface area contributed by atoms with Crippen LogP contribution in [0.2, 0.25) is 0 Å². The molecule has 2 nitrogen and oxygen atoms in total. The molecule has 1 atom stereocenters. The highest BCUT2D eigenvalue weighted by atomic mass is 14.9. The number of rotatable bonds is 7. The maximum atomic E-state index is 9.42. The first-order valence-corrected chi connectivity index (χ1v) is 8.86. The van der Waals surface area contributed by atoms with Crippen LogP contribution < -0.4 is 5.32 Å². The third-order valence-electron chi connectivity index (χ3n) is 4.66. The average molecular weight is 316 g/mol. The number of hydrogen-bond acceptors (Lipinski definition) is 2. The summed E-state index contributed by atoms with van der Waals surface area (Å²) in [7, 11) is 0. The van der Waals surface area contributed by atoms with Gasteiger partial charge in [-0.2, -0.15) is 5.26 Å². The first kappa shape index (κ1) is 16.5. The Morgan fingerprint density at radius 3 is 2.17 bits per heavy atom. The maximum absolute atomic E-state index is 9.42. The highest BCUT2D eigenvalue weighted by Crippen LogP contribution is 2.28. The number of fused-ring (bicyclic) bond motifs is 2. The molecule has 3 aromatic rings. The molecule has 0 amide bonds. The van der Waals surface area contributed by atoms with E-state index >= 15 is 0 Å². The molecule has 3 aromatic carbocycles. The van der Waals surface area contributed by atoms with Gasteiger partial charge in [0.05, 0.1) is 12.1 Å². The zero-order chi connectivity index (χ0) is 16.8. The molecule has 24 heavy (non-hydrogen) atoms. The molecule has 2 heteroatoms. The Morgan fingerprint density at radius 1 is 0.958 bits per heavy atom. The summed E-state index contributed by atoms with van der Waals surface area (Å²) in [6, 6.07) is 21.6. The Hall–Kier alpha value is -2.37. The first-order valence-electron chi connectivity index (χ1n) is 8.86. The first-order chi connectivity index (χ1) is 11.8. The summed E-state index contributed by atoms with van der Waals surface area (Å²) < 4.78 is 0. The van der Waals surface area contributed by atoms with Crippen molar-refractivity contribution < 1.29 is 0 Å². The number of benzene rings is 3. The van der Waals surface area contributed by atoms with Gasteiger partial charge in [0.1, 0.15) is 0 Å². The van der Waals surface area contributed by atoms with Crippen LogP contribution in [0.25, 0.3) is 21.5 Å². The van der Waals surface area contributed by atoms with Crippen LogP contribution in [0, 0.1) is 11.3 Å². The maximum Gasteiger partial charge on any atom is 0.0955 e. The molecule has 0 fully saturated rings. The molecule has 0 unspecified atom stereocenters. The van der Waals surface area contributed by atoms with Crippen LogP contribution in [-0.2, 0) is 6.54 Å². The summed E-state index contributed by atoms with van der Waals surface area (Å²) in [6.07, 6.45) is 4.41. The Balaban J connectivity index is 1.90. The summed E-state index contributed by atoms with van der Waals surface area (Å²) in [6.45, 7) is 2.92. The van der Waals surface area contributed by atoms with E-state index in [1.165, 1.54) is 39.9 Å². The molecule has 0 saturated heterocycles. The summed E-state index contributed by atoms with van der Waals surface area (Å²) in [5.41, 5.74) is 1.29. The minimum Gasteiger partial charge on any atom is -0.298 e. The van der Waals surface area contributed by atoms with Gasteiger partial charge in [0, 0.05) is 6.54 Å². The lowest BCUT2D eigenvalue weighted by Crippen LogP contribution is -2.27. The van der Waals surface area contributed by atoms with E-state index in [4.69, 9.17) is 0 Å². The monoisotopic (exact) mass is 316 g/mol. The van der Waals surface area contributed by atoms with Gasteiger partial charge in [0.2, 0.25) is 0 Å². The van der Waals surface area contributed by atoms with E-state index in [1.807, 2.05) is 0 Å². The predicted octanol–water partition coefficient (Wildman–Crippen LogP) is 5.56. The standard InChI is InChI=1S/C22H24N2/c1-2-3-4-11-19(15-23)24-16-22-20-12-7-5-9-17(20)14-18-10-6-8-13-21(18)22/h5-10,12-14,19,24H,2-4,11,16H2,1H3/t19-/m1/s1. The number of nitriles is 1. The summed E-state index contributed by atoms with van der Waals surface area (Å²) in [4.78, 5) is 0. The van der Waals surface area contributed by atoms with Crippen LogP contribution in [0.3, 0.4) is 0 Å². The van der Waals surface area contributed by atoms with Gasteiger partial charge >= 0.3 is 0 Å². The van der Waals surface area contributed by atoms with Crippen molar-refractivity contribution in [2.24, 2.45) is 0 Å². The minimum absolute atomic E-state index is 0.0747. The highest BCUT2D eigenvalue weighted by molar-refractivity contribution is 6.02. The lowest BCUT2D eigenvalue weighted by molar-refractivity contribution is 0.532. The molecule has 0 aromatic heterocycles. The molecule has 0 radical (unpaired) electrons. The van der Waals surface area contributed by atoms with E-state index in [0.29, 0.717) is 0 Å². The average Bonchev–Trinajstić information content (AvgIpc) is 2.63. The topological polar surface area (TPSA) is 35.8 Å². The molecule has 0 saturated carbocycles. The minimum atomic E-state index is -0.0747. The van der Waals surface area contributed by atoms with Crippen molar-refractivity contribution in [1.82, 2.24) is 5.32 Å². The third-order valence-corrected chi connectivity index (χ3v) is 4.66. The van der Waals surface area contributed by atoms with E-state index in [2.05, 4.69) is 72.9 Å². The third kappa shape index (κ3) is 3.58. The Morgan fingerprint density at radius 2 is 1.58 bits per heavy atom. The Kier molecular flexibility index (Phi) is 5.46. The second-order valence-corrected chi connectivity index (χ2v) is 6.36. The number of nitrogens with zero attached hydrogens (tertiary/aromatic N) is 1.